The summed E-state index contributed by atoms with van der Waals surface area (Å²) < 4.78 is 10.4. The van der Waals surface area contributed by atoms with Crippen LogP contribution < -0.4 is 9.47 Å². The van der Waals surface area contributed by atoms with Gasteiger partial charge in [-0.2, -0.15) is 0 Å². The van der Waals surface area contributed by atoms with Crippen molar-refractivity contribution in [1.29, 1.82) is 0 Å². The molecule has 20 heavy (non-hydrogen) atoms. The second-order valence-corrected chi connectivity index (χ2v) is 3.66. The fraction of sp³-hybridized carbons (Fsp3) is 0.133. The van der Waals surface area contributed by atoms with Gasteiger partial charge >= 0.3 is 27.7 Å². The number of hydrogen-bond acceptors (Lipinski definition) is 3. The number of para-hydroxylation sites is 1. The quantitative estimate of drug-likeness (QED) is 0.455. The van der Waals surface area contributed by atoms with Crippen LogP contribution in [0.3, 0.4) is 0 Å². The van der Waals surface area contributed by atoms with E-state index in [1.165, 1.54) is 0 Å². The van der Waals surface area contributed by atoms with E-state index >= 15 is 0 Å². The standard InChI is InChI=1S/C15H14NO2.ClH.Pd/c1-17-14-8-12(9-15(10-14)18-2)11-16-13-6-4-3-5-7-13;;/h3-10H,1-2H3;1H;/q-1;;+2/p-1. The molecule has 108 valence electrons. The Labute approximate surface area is 134 Å². The minimum absolute atomic E-state index is 0.722. The number of nitrogens with zero attached hydrogens (tertiary/aromatic N) is 1. The monoisotopic (exact) mass is 381 g/mol. The van der Waals surface area contributed by atoms with Crippen LogP contribution in [0.5, 0.6) is 11.5 Å². The van der Waals surface area contributed by atoms with Gasteiger partial charge in [0.05, 0.1) is 25.7 Å². The molecule has 0 atom stereocenters. The van der Waals surface area contributed by atoms with E-state index in [9.17, 15) is 0 Å². The molecule has 0 amide bonds. The molecule has 2 aromatic carbocycles. The molecule has 0 aliphatic carbocycles. The summed E-state index contributed by atoms with van der Waals surface area (Å²) >= 11 is 2.22. The van der Waals surface area contributed by atoms with Crippen LogP contribution in [0, 0.1) is 0 Å². The molecule has 0 bridgehead atoms. The van der Waals surface area contributed by atoms with Crippen LogP contribution in [0.1, 0.15) is 5.56 Å². The zero-order valence-electron chi connectivity index (χ0n) is 11.1. The summed E-state index contributed by atoms with van der Waals surface area (Å²) in [4.78, 5) is 4.27. The van der Waals surface area contributed by atoms with Crippen LogP contribution in [0.25, 0.3) is 0 Å². The van der Waals surface area contributed by atoms with Crippen LogP contribution in [0.2, 0.25) is 0 Å². The van der Waals surface area contributed by atoms with Gasteiger partial charge in [-0.25, -0.2) is 0 Å². The summed E-state index contributed by atoms with van der Waals surface area (Å²) in [6, 6.07) is 15.2. The Morgan fingerprint density at radius 2 is 1.50 bits per heavy atom. The Hall–Kier alpha value is -1.34. The molecule has 0 spiro atoms. The molecule has 2 rings (SSSR count). The Kier molecular flexibility index (Phi) is 7.98. The maximum absolute atomic E-state index is 5.19. The van der Waals surface area contributed by atoms with Gasteiger partial charge in [-0.15, -0.1) is 5.56 Å². The van der Waals surface area contributed by atoms with Gasteiger partial charge in [0, 0.05) is 6.07 Å². The first kappa shape index (κ1) is 16.7. The first-order valence-corrected chi connectivity index (χ1v) is 7.69. The molecule has 0 unspecified atom stereocenters. The van der Waals surface area contributed by atoms with E-state index in [0.29, 0.717) is 0 Å². The third-order valence-corrected chi connectivity index (χ3v) is 2.42. The summed E-state index contributed by atoms with van der Waals surface area (Å²) in [7, 11) is 7.72. The molecule has 0 aliphatic rings. The normalized spacial score (nSPS) is 9.85. The number of halogens is 1. The number of methoxy groups -OCH3 is 2. The average Bonchev–Trinajstić information content (AvgIpc) is 2.55. The van der Waals surface area contributed by atoms with E-state index in [2.05, 4.69) is 38.9 Å². The maximum atomic E-state index is 5.19. The zero-order chi connectivity index (χ0) is 14.8. The van der Waals surface area contributed by atoms with Crippen LogP contribution in [-0.4, -0.2) is 20.4 Å². The van der Waals surface area contributed by atoms with Crippen molar-refractivity contribution in [2.24, 2.45) is 4.99 Å². The van der Waals surface area contributed by atoms with E-state index in [-0.39, 0.29) is 0 Å². The number of rotatable bonds is 4. The van der Waals surface area contributed by atoms with Gasteiger partial charge in [0.15, 0.2) is 0 Å². The topological polar surface area (TPSA) is 30.8 Å². The molecule has 0 heterocycles. The zero-order valence-corrected chi connectivity index (χ0v) is 13.4. The molecule has 5 heteroatoms. The van der Waals surface area contributed by atoms with Crippen LogP contribution in [0.4, 0.5) is 5.69 Å². The van der Waals surface area contributed by atoms with Gasteiger partial charge in [-0.1, -0.05) is 42.5 Å². The summed E-state index contributed by atoms with van der Waals surface area (Å²) in [6.45, 7) is 0. The average molecular weight is 382 g/mol. The first-order chi connectivity index (χ1) is 9.81. The molecule has 3 nitrogen and oxygen atoms in total. The number of benzene rings is 2. The Morgan fingerprint density at radius 1 is 0.950 bits per heavy atom. The molecule has 0 aromatic heterocycles. The first-order valence-electron chi connectivity index (χ1n) is 5.68. The third-order valence-electron chi connectivity index (χ3n) is 2.42. The third kappa shape index (κ3) is 5.34. The van der Waals surface area contributed by atoms with Gasteiger partial charge in [0.25, 0.3) is 0 Å². The number of ether oxygens (including phenoxy) is 2. The minimum atomic E-state index is 0.722. The Balaban J connectivity index is 0.000000956. The summed E-state index contributed by atoms with van der Waals surface area (Å²) in [5, 5.41) is 0. The van der Waals surface area contributed by atoms with E-state index in [4.69, 9.17) is 9.47 Å². The van der Waals surface area contributed by atoms with E-state index in [0.717, 1.165) is 22.7 Å². The van der Waals surface area contributed by atoms with Gasteiger partial charge in [-0.3, -0.25) is 0 Å². The van der Waals surface area contributed by atoms with Crippen molar-refractivity contribution < 1.29 is 27.7 Å². The Morgan fingerprint density at radius 3 is 2.00 bits per heavy atom. The molecular formula is C15H14ClNO2Pd. The molecule has 0 N–H and O–H groups in total. The van der Waals surface area contributed by atoms with Crippen LogP contribution in [-0.2, 0) is 18.2 Å². The summed E-state index contributed by atoms with van der Waals surface area (Å²) in [5.41, 5.74) is 1.68. The van der Waals surface area contributed by atoms with E-state index < -0.39 is 0 Å². The summed E-state index contributed by atoms with van der Waals surface area (Å²) in [6.07, 6.45) is 2.98. The van der Waals surface area contributed by atoms with Crippen molar-refractivity contribution in [3.8, 4) is 11.5 Å². The number of hydrogen-bond donors (Lipinski definition) is 0. The number of aliphatic imine (C=N–C) groups is 1. The van der Waals surface area contributed by atoms with Crippen LogP contribution >= 0.6 is 9.53 Å². The van der Waals surface area contributed by atoms with Crippen molar-refractivity contribution in [2.75, 3.05) is 14.2 Å². The van der Waals surface area contributed by atoms with Crippen molar-refractivity contribution in [3.63, 3.8) is 0 Å². The fourth-order valence-corrected chi connectivity index (χ4v) is 1.50. The van der Waals surface area contributed by atoms with Crippen molar-refractivity contribution in [3.05, 3.63) is 54.1 Å². The molecule has 0 fully saturated rings. The van der Waals surface area contributed by atoms with Gasteiger partial charge < -0.3 is 14.5 Å². The molecule has 0 saturated heterocycles. The van der Waals surface area contributed by atoms with Gasteiger partial charge in [-0.05, 0) is 11.9 Å². The van der Waals surface area contributed by atoms with Crippen molar-refractivity contribution in [1.82, 2.24) is 0 Å². The predicted molar refractivity (Wildman–Crippen MR) is 78.0 cm³/mol. The Bertz CT molecular complexity index is 525. The van der Waals surface area contributed by atoms with E-state index in [1.807, 2.05) is 48.5 Å². The van der Waals surface area contributed by atoms with Crippen molar-refractivity contribution in [2.45, 2.75) is 0 Å². The second-order valence-electron chi connectivity index (χ2n) is 3.66. The van der Waals surface area contributed by atoms with Gasteiger partial charge in [0.2, 0.25) is 0 Å². The van der Waals surface area contributed by atoms with Crippen LogP contribution in [0.15, 0.2) is 53.5 Å². The van der Waals surface area contributed by atoms with Crippen molar-refractivity contribution >= 4 is 21.4 Å². The molecule has 0 saturated carbocycles. The molecule has 2 aromatic rings. The van der Waals surface area contributed by atoms with Gasteiger partial charge in [0.1, 0.15) is 0 Å². The molecule has 0 radical (unpaired) electrons. The second kappa shape index (κ2) is 9.55. The van der Waals surface area contributed by atoms with E-state index in [1.54, 1.807) is 14.2 Å². The SMILES string of the molecule is COc1cc([C-]=Nc2ccccc2)cc(OC)c1.[Cl][Pd+]. The fourth-order valence-electron chi connectivity index (χ4n) is 1.50. The summed E-state index contributed by atoms with van der Waals surface area (Å²) in [5.74, 6) is 1.44. The predicted octanol–water partition coefficient (Wildman–Crippen LogP) is 4.02. The molecular weight excluding hydrogens is 368 g/mol. The molecule has 0 aliphatic heterocycles.